The molecule has 0 aromatic heterocycles. The van der Waals surface area contributed by atoms with Gasteiger partial charge in [0.15, 0.2) is 0 Å². The summed E-state index contributed by atoms with van der Waals surface area (Å²) in [4.78, 5) is 0. The molecule has 1 N–H and O–H groups in total. The molecule has 0 aliphatic rings. The lowest BCUT2D eigenvalue weighted by Crippen LogP contribution is -2.23. The summed E-state index contributed by atoms with van der Waals surface area (Å²) in [6.45, 7) is 5.06. The van der Waals surface area contributed by atoms with Crippen LogP contribution in [0, 0.1) is 6.92 Å². The summed E-state index contributed by atoms with van der Waals surface area (Å²) in [7, 11) is 1.71. The van der Waals surface area contributed by atoms with Gasteiger partial charge >= 0.3 is 0 Å². The first-order chi connectivity index (χ1) is 10.2. The molecule has 0 radical (unpaired) electrons. The van der Waals surface area contributed by atoms with Gasteiger partial charge in [-0.2, -0.15) is 0 Å². The number of nitrogens with one attached hydrogen (secondary N) is 1. The summed E-state index contributed by atoms with van der Waals surface area (Å²) in [6.07, 6.45) is 0.841. The number of likely N-dealkylation sites (N-methyl/N-ethyl adjacent to an activating group) is 1. The maximum atomic E-state index is 6.38. The second kappa shape index (κ2) is 7.48. The van der Waals surface area contributed by atoms with Crippen molar-refractivity contribution in [1.29, 1.82) is 0 Å². The van der Waals surface area contributed by atoms with Gasteiger partial charge in [-0.05, 0) is 43.1 Å². The van der Waals surface area contributed by atoms with Crippen molar-refractivity contribution in [2.75, 3.05) is 13.7 Å². The molecule has 3 heteroatoms. The molecule has 0 aliphatic heterocycles. The van der Waals surface area contributed by atoms with E-state index in [1.54, 1.807) is 7.11 Å². The standard InChI is InChI=1S/C18H22ClNO/c1-4-20-17(15-7-5-6-8-18(15)21-3)12-14-10-9-13(2)11-16(14)19/h5-11,17,20H,4,12H2,1-3H3. The Kier molecular flexibility index (Phi) is 5.66. The van der Waals surface area contributed by atoms with Crippen molar-refractivity contribution in [3.05, 3.63) is 64.2 Å². The van der Waals surface area contributed by atoms with Crippen molar-refractivity contribution in [2.45, 2.75) is 26.3 Å². The van der Waals surface area contributed by atoms with Gasteiger partial charge in [-0.1, -0.05) is 48.9 Å². The number of halogens is 1. The normalized spacial score (nSPS) is 12.2. The second-order valence-corrected chi connectivity index (χ2v) is 5.56. The lowest BCUT2D eigenvalue weighted by molar-refractivity contribution is 0.399. The molecule has 2 aromatic carbocycles. The van der Waals surface area contributed by atoms with Gasteiger partial charge in [-0.3, -0.25) is 0 Å². The third-order valence-corrected chi connectivity index (χ3v) is 3.95. The first-order valence-electron chi connectivity index (χ1n) is 7.27. The SMILES string of the molecule is CCNC(Cc1ccc(C)cc1Cl)c1ccccc1OC. The predicted octanol–water partition coefficient (Wildman–Crippen LogP) is 4.55. The van der Waals surface area contributed by atoms with Gasteiger partial charge in [0.1, 0.15) is 5.75 Å². The average Bonchev–Trinajstić information content (AvgIpc) is 2.49. The molecule has 1 atom stereocenters. The van der Waals surface area contributed by atoms with E-state index in [4.69, 9.17) is 16.3 Å². The summed E-state index contributed by atoms with van der Waals surface area (Å²) in [5.41, 5.74) is 3.50. The van der Waals surface area contributed by atoms with Crippen LogP contribution in [0.15, 0.2) is 42.5 Å². The number of ether oxygens (including phenoxy) is 1. The molecule has 0 fully saturated rings. The molecule has 0 aliphatic carbocycles. The Morgan fingerprint density at radius 1 is 1.19 bits per heavy atom. The number of para-hydroxylation sites is 1. The van der Waals surface area contributed by atoms with Crippen molar-refractivity contribution >= 4 is 11.6 Å². The zero-order chi connectivity index (χ0) is 15.2. The summed E-state index contributed by atoms with van der Waals surface area (Å²) < 4.78 is 5.49. The minimum Gasteiger partial charge on any atom is -0.496 e. The molecule has 21 heavy (non-hydrogen) atoms. The average molecular weight is 304 g/mol. The summed E-state index contributed by atoms with van der Waals surface area (Å²) in [6, 6.07) is 14.5. The van der Waals surface area contributed by atoms with Crippen LogP contribution < -0.4 is 10.1 Å². The molecule has 0 spiro atoms. The van der Waals surface area contributed by atoms with Gasteiger partial charge in [-0.15, -0.1) is 0 Å². The molecule has 0 bridgehead atoms. The smallest absolute Gasteiger partial charge is 0.123 e. The zero-order valence-corrected chi connectivity index (χ0v) is 13.6. The summed E-state index contributed by atoms with van der Waals surface area (Å²) in [5.74, 6) is 0.909. The number of hydrogen-bond donors (Lipinski definition) is 1. The van der Waals surface area contributed by atoms with E-state index in [9.17, 15) is 0 Å². The molecule has 0 saturated carbocycles. The lowest BCUT2D eigenvalue weighted by atomic mass is 9.97. The minimum absolute atomic E-state index is 0.186. The van der Waals surface area contributed by atoms with E-state index in [1.165, 1.54) is 11.1 Å². The highest BCUT2D eigenvalue weighted by Crippen LogP contribution is 2.29. The third-order valence-electron chi connectivity index (χ3n) is 3.60. The van der Waals surface area contributed by atoms with Gasteiger partial charge < -0.3 is 10.1 Å². The molecule has 2 nitrogen and oxygen atoms in total. The lowest BCUT2D eigenvalue weighted by Gasteiger charge is -2.21. The highest BCUT2D eigenvalue weighted by molar-refractivity contribution is 6.31. The predicted molar refractivity (Wildman–Crippen MR) is 89.3 cm³/mol. The zero-order valence-electron chi connectivity index (χ0n) is 12.8. The second-order valence-electron chi connectivity index (χ2n) is 5.15. The van der Waals surface area contributed by atoms with Crippen molar-refractivity contribution in [2.24, 2.45) is 0 Å². The Morgan fingerprint density at radius 3 is 2.62 bits per heavy atom. The van der Waals surface area contributed by atoms with Crippen LogP contribution in [0.1, 0.15) is 29.7 Å². The van der Waals surface area contributed by atoms with Crippen LogP contribution in [0.2, 0.25) is 5.02 Å². The Hall–Kier alpha value is -1.51. The molecule has 112 valence electrons. The topological polar surface area (TPSA) is 21.3 Å². The fraction of sp³-hybridized carbons (Fsp3) is 0.333. The number of methoxy groups -OCH3 is 1. The Morgan fingerprint density at radius 2 is 1.95 bits per heavy atom. The van der Waals surface area contributed by atoms with Gasteiger partial charge in [-0.25, -0.2) is 0 Å². The van der Waals surface area contributed by atoms with Crippen LogP contribution >= 0.6 is 11.6 Å². The molecule has 0 saturated heterocycles. The highest BCUT2D eigenvalue weighted by Gasteiger charge is 2.16. The maximum Gasteiger partial charge on any atom is 0.123 e. The van der Waals surface area contributed by atoms with E-state index in [2.05, 4.69) is 37.4 Å². The monoisotopic (exact) mass is 303 g/mol. The van der Waals surface area contributed by atoms with E-state index in [1.807, 2.05) is 24.3 Å². The van der Waals surface area contributed by atoms with E-state index >= 15 is 0 Å². The van der Waals surface area contributed by atoms with Crippen LogP contribution in [0.4, 0.5) is 0 Å². The van der Waals surface area contributed by atoms with Crippen molar-refractivity contribution in [3.63, 3.8) is 0 Å². The first kappa shape index (κ1) is 15.9. The van der Waals surface area contributed by atoms with Crippen molar-refractivity contribution in [3.8, 4) is 5.75 Å². The minimum atomic E-state index is 0.186. The number of benzene rings is 2. The largest absolute Gasteiger partial charge is 0.496 e. The number of aryl methyl sites for hydroxylation is 1. The Labute approximate surface area is 132 Å². The Balaban J connectivity index is 2.30. The van der Waals surface area contributed by atoms with E-state index in [-0.39, 0.29) is 6.04 Å². The molecule has 0 amide bonds. The molecular formula is C18H22ClNO. The molecule has 1 unspecified atom stereocenters. The van der Waals surface area contributed by atoms with E-state index < -0.39 is 0 Å². The van der Waals surface area contributed by atoms with Gasteiger partial charge in [0, 0.05) is 16.6 Å². The van der Waals surface area contributed by atoms with Gasteiger partial charge in [0.05, 0.1) is 7.11 Å². The first-order valence-corrected chi connectivity index (χ1v) is 7.64. The van der Waals surface area contributed by atoms with E-state index in [0.717, 1.165) is 29.3 Å². The fourth-order valence-electron chi connectivity index (χ4n) is 2.53. The van der Waals surface area contributed by atoms with Crippen molar-refractivity contribution in [1.82, 2.24) is 5.32 Å². The fourth-order valence-corrected chi connectivity index (χ4v) is 2.84. The Bertz CT molecular complexity index is 598. The summed E-state index contributed by atoms with van der Waals surface area (Å²) >= 11 is 6.38. The van der Waals surface area contributed by atoms with Crippen LogP contribution in [0.25, 0.3) is 0 Å². The van der Waals surface area contributed by atoms with Crippen LogP contribution in [0.3, 0.4) is 0 Å². The molecular weight excluding hydrogens is 282 g/mol. The number of hydrogen-bond acceptors (Lipinski definition) is 2. The van der Waals surface area contributed by atoms with Crippen LogP contribution in [-0.4, -0.2) is 13.7 Å². The molecule has 2 rings (SSSR count). The molecule has 2 aromatic rings. The number of rotatable bonds is 6. The van der Waals surface area contributed by atoms with Crippen LogP contribution in [0.5, 0.6) is 5.75 Å². The van der Waals surface area contributed by atoms with Crippen molar-refractivity contribution < 1.29 is 4.74 Å². The molecule has 0 heterocycles. The summed E-state index contributed by atoms with van der Waals surface area (Å²) in [5, 5.41) is 4.35. The van der Waals surface area contributed by atoms with Gasteiger partial charge in [0.2, 0.25) is 0 Å². The van der Waals surface area contributed by atoms with Crippen LogP contribution in [-0.2, 0) is 6.42 Å². The van der Waals surface area contributed by atoms with E-state index in [0.29, 0.717) is 0 Å². The maximum absolute atomic E-state index is 6.38. The quantitative estimate of drug-likeness (QED) is 0.845. The highest BCUT2D eigenvalue weighted by atomic mass is 35.5. The van der Waals surface area contributed by atoms with Gasteiger partial charge in [0.25, 0.3) is 0 Å². The third kappa shape index (κ3) is 3.99.